The monoisotopic (exact) mass is 713 g/mol. The van der Waals surface area contributed by atoms with Gasteiger partial charge in [-0.2, -0.15) is 0 Å². The lowest BCUT2D eigenvalue weighted by atomic mass is 9.98. The van der Waals surface area contributed by atoms with Gasteiger partial charge in [-0.1, -0.05) is 5.92 Å². The van der Waals surface area contributed by atoms with Crippen LogP contribution in [0.4, 0.5) is 10.1 Å². The molecule has 3 rings (SSSR count). The van der Waals surface area contributed by atoms with Crippen molar-refractivity contribution in [2.75, 3.05) is 17.7 Å². The van der Waals surface area contributed by atoms with Crippen LogP contribution in [0.1, 0.15) is 67.3 Å². The largest absolute Gasteiger partial charge is 0.480 e. The number of carbonyl (C=O) groups excluding carboxylic acids is 3. The number of hydrogen-bond acceptors (Lipinski definition) is 10. The highest BCUT2D eigenvalue weighted by Gasteiger charge is 2.25. The van der Waals surface area contributed by atoms with Crippen LogP contribution in [0, 0.1) is 37.4 Å². The molecule has 0 aliphatic carbocycles. The van der Waals surface area contributed by atoms with E-state index in [0.717, 1.165) is 17.9 Å². The second-order valence-electron chi connectivity index (χ2n) is 12.8. The maximum Gasteiger partial charge on any atom is 0.326 e. The summed E-state index contributed by atoms with van der Waals surface area (Å²) >= 11 is 0. The molecule has 0 bridgehead atoms. The number of nitrogens with zero attached hydrogens (tertiary/aromatic N) is 3. The van der Waals surface area contributed by atoms with Gasteiger partial charge in [-0.05, 0) is 88.9 Å². The molecule has 3 aromatic rings. The molecule has 0 radical (unpaired) electrons. The molecule has 0 aliphatic rings. The predicted octanol–water partition coefficient (Wildman–Crippen LogP) is 2.77. The van der Waals surface area contributed by atoms with E-state index in [1.54, 1.807) is 49.4 Å². The minimum atomic E-state index is -3.78. The van der Waals surface area contributed by atoms with Crippen molar-refractivity contribution in [1.29, 1.82) is 0 Å². The molecule has 268 valence electrons. The first-order chi connectivity index (χ1) is 23.2. The van der Waals surface area contributed by atoms with Crippen LogP contribution in [0.25, 0.3) is 10.9 Å². The van der Waals surface area contributed by atoms with Crippen molar-refractivity contribution in [1.82, 2.24) is 19.6 Å². The van der Waals surface area contributed by atoms with Crippen molar-refractivity contribution >= 4 is 50.4 Å². The van der Waals surface area contributed by atoms with Crippen LogP contribution in [-0.4, -0.2) is 65.7 Å². The predicted molar refractivity (Wildman–Crippen MR) is 183 cm³/mol. The summed E-state index contributed by atoms with van der Waals surface area (Å²) in [4.78, 5) is 68.3. The number of benzene rings is 2. The number of carbonyl (C=O) groups is 4. The zero-order valence-electron chi connectivity index (χ0n) is 28.6. The Labute approximate surface area is 289 Å². The number of aliphatic carboxylic acids is 1. The zero-order chi connectivity index (χ0) is 37.6. The van der Waals surface area contributed by atoms with Gasteiger partial charge in [0, 0.05) is 18.7 Å². The Morgan fingerprint density at radius 1 is 1.16 bits per heavy atom. The maximum atomic E-state index is 15.3. The third-order valence-corrected chi connectivity index (χ3v) is 8.14. The van der Waals surface area contributed by atoms with Crippen molar-refractivity contribution in [3.8, 4) is 12.3 Å². The lowest BCUT2D eigenvalue weighted by molar-refractivity contribution is -0.157. The number of rotatable bonds is 14. The van der Waals surface area contributed by atoms with Crippen LogP contribution < -0.4 is 20.5 Å². The van der Waals surface area contributed by atoms with Crippen molar-refractivity contribution in [2.24, 2.45) is 5.41 Å². The van der Waals surface area contributed by atoms with E-state index in [1.807, 2.05) is 6.92 Å². The van der Waals surface area contributed by atoms with Gasteiger partial charge in [-0.3, -0.25) is 28.5 Å². The Morgan fingerprint density at radius 3 is 2.42 bits per heavy atom. The van der Waals surface area contributed by atoms with Gasteiger partial charge < -0.3 is 20.1 Å². The molecular weight excluding hydrogens is 673 g/mol. The van der Waals surface area contributed by atoms with Gasteiger partial charge in [0.2, 0.25) is 15.9 Å². The molecule has 14 nitrogen and oxygen atoms in total. The Morgan fingerprint density at radius 2 is 1.84 bits per heavy atom. The maximum absolute atomic E-state index is 15.3. The summed E-state index contributed by atoms with van der Waals surface area (Å²) in [6, 6.07) is 5.62. The number of aromatic nitrogens is 2. The van der Waals surface area contributed by atoms with E-state index in [1.165, 1.54) is 16.7 Å². The van der Waals surface area contributed by atoms with Crippen LogP contribution in [0.5, 0.6) is 0 Å². The van der Waals surface area contributed by atoms with E-state index < -0.39 is 62.2 Å². The standard InChI is InChI=1S/C34H40FN5O9S/c1-8-14-39(18-22-16-25-28(15-20(22)2)36-21(3)40(31(25)43)19-49-33(46)34(4,5)6)23-12-13-24(26(35)17-23)30(42)37-27(32(44)45)10-9-11-29(41)38-50(7,47)48/h1,12-13,15-17,27H,9-11,14,18-19H2,2-7H3,(H,37,42)(H,38,41)(H,44,45)/t27-/m0/s1. The number of carboxylic acid groups (broad SMARTS) is 1. The van der Waals surface area contributed by atoms with Gasteiger partial charge in [0.15, 0.2) is 6.73 Å². The van der Waals surface area contributed by atoms with Gasteiger partial charge >= 0.3 is 11.9 Å². The molecule has 0 saturated heterocycles. The Bertz CT molecular complexity index is 2030. The highest BCUT2D eigenvalue weighted by atomic mass is 32.2. The molecule has 0 aliphatic heterocycles. The molecule has 16 heteroatoms. The number of anilines is 1. The van der Waals surface area contributed by atoms with Crippen LogP contribution >= 0.6 is 0 Å². The van der Waals surface area contributed by atoms with Crippen LogP contribution in [0.3, 0.4) is 0 Å². The SMILES string of the molecule is C#CCN(Cc1cc2c(=O)n(COC(=O)C(C)(C)C)c(C)nc2cc1C)c1ccc(C(=O)N[C@@H](CCCC(=O)NS(C)(=O)=O)C(=O)O)c(F)c1. The van der Waals surface area contributed by atoms with Gasteiger partial charge in [0.05, 0.1) is 34.7 Å². The average Bonchev–Trinajstić information content (AvgIpc) is 2.99. The van der Waals surface area contributed by atoms with Gasteiger partial charge in [0.1, 0.15) is 17.7 Å². The smallest absolute Gasteiger partial charge is 0.326 e. The van der Waals surface area contributed by atoms with Crippen molar-refractivity contribution in [2.45, 2.75) is 73.2 Å². The molecule has 1 heterocycles. The summed E-state index contributed by atoms with van der Waals surface area (Å²) in [7, 11) is -3.78. The summed E-state index contributed by atoms with van der Waals surface area (Å²) in [5.74, 6) is -1.83. The molecule has 2 amide bonds. The third-order valence-electron chi connectivity index (χ3n) is 7.54. The second kappa shape index (κ2) is 15.9. The summed E-state index contributed by atoms with van der Waals surface area (Å²) < 4.78 is 46.1. The molecule has 1 aromatic heterocycles. The average molecular weight is 714 g/mol. The number of hydrogen-bond donors (Lipinski definition) is 3. The quantitative estimate of drug-likeness (QED) is 0.164. The highest BCUT2D eigenvalue weighted by molar-refractivity contribution is 7.89. The van der Waals surface area contributed by atoms with E-state index in [-0.39, 0.29) is 44.5 Å². The molecule has 0 fully saturated rings. The number of aryl methyl sites for hydroxylation is 2. The molecule has 2 aromatic carbocycles. The summed E-state index contributed by atoms with van der Waals surface area (Å²) in [5.41, 5.74) is 0.562. The second-order valence-corrected chi connectivity index (χ2v) is 14.5. The number of halogens is 1. The molecule has 0 saturated carbocycles. The zero-order valence-corrected chi connectivity index (χ0v) is 29.4. The van der Waals surface area contributed by atoms with E-state index >= 15 is 4.39 Å². The molecule has 3 N–H and O–H groups in total. The number of amides is 2. The van der Waals surface area contributed by atoms with Crippen LogP contribution in [-0.2, 0) is 42.4 Å². The van der Waals surface area contributed by atoms with Crippen molar-refractivity contribution < 1.29 is 41.8 Å². The van der Waals surface area contributed by atoms with E-state index in [0.29, 0.717) is 22.6 Å². The lowest BCUT2D eigenvalue weighted by Gasteiger charge is -2.24. The fourth-order valence-corrected chi connectivity index (χ4v) is 5.36. The number of nitrogens with one attached hydrogen (secondary N) is 2. The van der Waals surface area contributed by atoms with E-state index in [2.05, 4.69) is 16.2 Å². The summed E-state index contributed by atoms with van der Waals surface area (Å²) in [6.07, 6.45) is 5.83. The highest BCUT2D eigenvalue weighted by Crippen LogP contribution is 2.24. The molecule has 0 unspecified atom stereocenters. The third kappa shape index (κ3) is 10.3. The minimum absolute atomic E-state index is 0.0234. The fourth-order valence-electron chi connectivity index (χ4n) is 4.85. The lowest BCUT2D eigenvalue weighted by Crippen LogP contribution is -2.41. The minimum Gasteiger partial charge on any atom is -0.480 e. The van der Waals surface area contributed by atoms with Gasteiger partial charge in [-0.15, -0.1) is 6.42 Å². The number of carboxylic acids is 1. The Hall–Kier alpha value is -5.30. The normalized spacial score (nSPS) is 12.1. The Kier molecular flexibility index (Phi) is 12.5. The van der Waals surface area contributed by atoms with Crippen LogP contribution in [0.2, 0.25) is 0 Å². The van der Waals surface area contributed by atoms with Crippen LogP contribution in [0.15, 0.2) is 35.1 Å². The van der Waals surface area contributed by atoms with E-state index in [9.17, 15) is 37.5 Å². The molecular formula is C34H40FN5O9S. The van der Waals surface area contributed by atoms with Crippen molar-refractivity contribution in [3.05, 3.63) is 69.0 Å². The number of esters is 1. The Balaban J connectivity index is 1.82. The van der Waals surface area contributed by atoms with E-state index in [4.69, 9.17) is 11.2 Å². The number of ether oxygens (including phenoxy) is 1. The van der Waals surface area contributed by atoms with Gasteiger partial charge in [-0.25, -0.2) is 22.6 Å². The van der Waals surface area contributed by atoms with Crippen molar-refractivity contribution in [3.63, 3.8) is 0 Å². The molecule has 50 heavy (non-hydrogen) atoms. The number of fused-ring (bicyclic) bond motifs is 1. The first kappa shape index (κ1) is 39.1. The summed E-state index contributed by atoms with van der Waals surface area (Å²) in [5, 5.41) is 12.0. The first-order valence-corrected chi connectivity index (χ1v) is 17.3. The topological polar surface area (TPSA) is 194 Å². The first-order valence-electron chi connectivity index (χ1n) is 15.4. The number of sulfonamides is 1. The van der Waals surface area contributed by atoms with Gasteiger partial charge in [0.25, 0.3) is 11.5 Å². The summed E-state index contributed by atoms with van der Waals surface area (Å²) in [6.45, 7) is 8.39. The molecule has 1 atom stereocenters. The number of terminal acetylenes is 1. The molecule has 0 spiro atoms. The fraction of sp³-hybridized carbons (Fsp3) is 0.412.